The van der Waals surface area contributed by atoms with E-state index in [0.29, 0.717) is 12.4 Å². The standard InChI is InChI=1S/C14H16N2O/c1-2-11-17-13(12-7-4-3-5-8-12)14-15-9-6-10-16-14/h3-10,13H,2,11H2,1H3. The van der Waals surface area contributed by atoms with Crippen molar-refractivity contribution in [2.45, 2.75) is 19.4 Å². The highest BCUT2D eigenvalue weighted by Gasteiger charge is 2.16. The molecule has 0 aliphatic rings. The second-order valence-electron chi connectivity index (χ2n) is 3.77. The van der Waals surface area contributed by atoms with E-state index in [9.17, 15) is 0 Å². The Bertz CT molecular complexity index is 391. The van der Waals surface area contributed by atoms with Crippen molar-refractivity contribution in [1.29, 1.82) is 0 Å². The first-order valence-electron chi connectivity index (χ1n) is 5.85. The van der Waals surface area contributed by atoms with Gasteiger partial charge in [0.2, 0.25) is 0 Å². The summed E-state index contributed by atoms with van der Waals surface area (Å²) in [5.74, 6) is 0.715. The van der Waals surface area contributed by atoms with Crippen LogP contribution in [0.1, 0.15) is 30.8 Å². The average Bonchev–Trinajstić information content (AvgIpc) is 2.42. The molecule has 0 N–H and O–H groups in total. The van der Waals surface area contributed by atoms with Crippen molar-refractivity contribution in [2.75, 3.05) is 6.61 Å². The van der Waals surface area contributed by atoms with Crippen LogP contribution in [0.5, 0.6) is 0 Å². The molecule has 3 heteroatoms. The van der Waals surface area contributed by atoms with E-state index in [1.807, 2.05) is 36.4 Å². The van der Waals surface area contributed by atoms with E-state index in [1.54, 1.807) is 12.4 Å². The molecule has 0 saturated heterocycles. The lowest BCUT2D eigenvalue weighted by Gasteiger charge is -2.16. The van der Waals surface area contributed by atoms with Crippen molar-refractivity contribution >= 4 is 0 Å². The molecule has 88 valence electrons. The molecule has 0 radical (unpaired) electrons. The van der Waals surface area contributed by atoms with Crippen LogP contribution in [0, 0.1) is 0 Å². The van der Waals surface area contributed by atoms with E-state index < -0.39 is 0 Å². The van der Waals surface area contributed by atoms with E-state index in [2.05, 4.69) is 16.9 Å². The second-order valence-corrected chi connectivity index (χ2v) is 3.77. The Morgan fingerprint density at radius 1 is 1.06 bits per heavy atom. The molecule has 1 aromatic carbocycles. The Hall–Kier alpha value is -1.74. The Balaban J connectivity index is 2.26. The number of ether oxygens (including phenoxy) is 1. The highest BCUT2D eigenvalue weighted by Crippen LogP contribution is 2.22. The van der Waals surface area contributed by atoms with Gasteiger partial charge in [0.15, 0.2) is 5.82 Å². The fourth-order valence-corrected chi connectivity index (χ4v) is 1.63. The summed E-state index contributed by atoms with van der Waals surface area (Å²) >= 11 is 0. The number of benzene rings is 1. The van der Waals surface area contributed by atoms with E-state index in [-0.39, 0.29) is 6.10 Å². The summed E-state index contributed by atoms with van der Waals surface area (Å²) in [4.78, 5) is 8.54. The molecule has 1 atom stereocenters. The summed E-state index contributed by atoms with van der Waals surface area (Å²) in [5.41, 5.74) is 1.09. The van der Waals surface area contributed by atoms with Crippen LogP contribution >= 0.6 is 0 Å². The zero-order chi connectivity index (χ0) is 11.9. The molecule has 2 rings (SSSR count). The molecule has 0 fully saturated rings. The third-order valence-electron chi connectivity index (χ3n) is 2.41. The summed E-state index contributed by atoms with van der Waals surface area (Å²) in [7, 11) is 0. The Morgan fingerprint density at radius 3 is 2.41 bits per heavy atom. The van der Waals surface area contributed by atoms with Crippen molar-refractivity contribution in [2.24, 2.45) is 0 Å². The molecular weight excluding hydrogens is 212 g/mol. The summed E-state index contributed by atoms with van der Waals surface area (Å²) in [6, 6.07) is 11.9. The zero-order valence-corrected chi connectivity index (χ0v) is 9.91. The SMILES string of the molecule is CCCOC(c1ccccc1)c1ncccn1. The van der Waals surface area contributed by atoms with E-state index in [1.165, 1.54) is 0 Å². The van der Waals surface area contributed by atoms with Gasteiger partial charge in [0.1, 0.15) is 6.10 Å². The fourth-order valence-electron chi connectivity index (χ4n) is 1.63. The number of hydrogen-bond acceptors (Lipinski definition) is 3. The molecular formula is C14H16N2O. The lowest BCUT2D eigenvalue weighted by atomic mass is 10.1. The number of aromatic nitrogens is 2. The largest absolute Gasteiger partial charge is 0.365 e. The molecule has 0 amide bonds. The van der Waals surface area contributed by atoms with E-state index >= 15 is 0 Å². The molecule has 2 aromatic rings. The van der Waals surface area contributed by atoms with E-state index in [0.717, 1.165) is 12.0 Å². The minimum atomic E-state index is -0.169. The van der Waals surface area contributed by atoms with Crippen molar-refractivity contribution in [3.05, 3.63) is 60.2 Å². The first-order valence-corrected chi connectivity index (χ1v) is 5.85. The molecule has 0 bridgehead atoms. The third kappa shape index (κ3) is 3.11. The first-order chi connectivity index (χ1) is 8.42. The van der Waals surface area contributed by atoms with Crippen molar-refractivity contribution in [3.63, 3.8) is 0 Å². The van der Waals surface area contributed by atoms with Crippen LogP contribution in [-0.4, -0.2) is 16.6 Å². The van der Waals surface area contributed by atoms with Gasteiger partial charge in [-0.15, -0.1) is 0 Å². The van der Waals surface area contributed by atoms with Gasteiger partial charge >= 0.3 is 0 Å². The van der Waals surface area contributed by atoms with Crippen molar-refractivity contribution in [3.8, 4) is 0 Å². The van der Waals surface area contributed by atoms with Crippen LogP contribution in [0.3, 0.4) is 0 Å². The van der Waals surface area contributed by atoms with Crippen molar-refractivity contribution < 1.29 is 4.74 Å². The summed E-state index contributed by atoms with van der Waals surface area (Å²) < 4.78 is 5.84. The molecule has 0 spiro atoms. The maximum Gasteiger partial charge on any atom is 0.161 e. The highest BCUT2D eigenvalue weighted by atomic mass is 16.5. The quantitative estimate of drug-likeness (QED) is 0.789. The Morgan fingerprint density at radius 2 is 1.76 bits per heavy atom. The van der Waals surface area contributed by atoms with Gasteiger partial charge in [0, 0.05) is 19.0 Å². The van der Waals surface area contributed by atoms with Crippen LogP contribution in [0.2, 0.25) is 0 Å². The summed E-state index contributed by atoms with van der Waals surface area (Å²) in [6.07, 6.45) is 4.30. The molecule has 1 aromatic heterocycles. The van der Waals surface area contributed by atoms with Gasteiger partial charge in [-0.2, -0.15) is 0 Å². The predicted molar refractivity (Wildman–Crippen MR) is 66.6 cm³/mol. The van der Waals surface area contributed by atoms with Crippen molar-refractivity contribution in [1.82, 2.24) is 9.97 Å². The van der Waals surface area contributed by atoms with Crippen LogP contribution in [-0.2, 0) is 4.74 Å². The molecule has 0 saturated carbocycles. The number of hydrogen-bond donors (Lipinski definition) is 0. The fraction of sp³-hybridized carbons (Fsp3) is 0.286. The van der Waals surface area contributed by atoms with Crippen LogP contribution in [0.25, 0.3) is 0 Å². The number of rotatable bonds is 5. The van der Waals surface area contributed by atoms with Gasteiger partial charge in [0.05, 0.1) is 0 Å². The van der Waals surface area contributed by atoms with Gasteiger partial charge in [-0.25, -0.2) is 9.97 Å². The maximum atomic E-state index is 5.84. The molecule has 0 aliphatic heterocycles. The van der Waals surface area contributed by atoms with Gasteiger partial charge in [-0.1, -0.05) is 37.3 Å². The van der Waals surface area contributed by atoms with E-state index in [4.69, 9.17) is 4.74 Å². The smallest absolute Gasteiger partial charge is 0.161 e. The van der Waals surface area contributed by atoms with Gasteiger partial charge in [-0.05, 0) is 18.1 Å². The summed E-state index contributed by atoms with van der Waals surface area (Å²) in [6.45, 7) is 2.80. The van der Waals surface area contributed by atoms with Gasteiger partial charge < -0.3 is 4.74 Å². The minimum Gasteiger partial charge on any atom is -0.365 e. The molecule has 17 heavy (non-hydrogen) atoms. The average molecular weight is 228 g/mol. The Labute approximate surface area is 102 Å². The monoisotopic (exact) mass is 228 g/mol. The Kier molecular flexibility index (Phi) is 4.22. The third-order valence-corrected chi connectivity index (χ3v) is 2.41. The predicted octanol–water partition coefficient (Wildman–Crippen LogP) is 2.99. The minimum absolute atomic E-state index is 0.169. The topological polar surface area (TPSA) is 35.0 Å². The first kappa shape index (κ1) is 11.7. The van der Waals surface area contributed by atoms with Crippen LogP contribution in [0.4, 0.5) is 0 Å². The van der Waals surface area contributed by atoms with Gasteiger partial charge in [-0.3, -0.25) is 0 Å². The van der Waals surface area contributed by atoms with Crippen LogP contribution in [0.15, 0.2) is 48.8 Å². The zero-order valence-electron chi connectivity index (χ0n) is 9.91. The molecule has 1 unspecified atom stereocenters. The van der Waals surface area contributed by atoms with Crippen LogP contribution < -0.4 is 0 Å². The molecule has 0 aliphatic carbocycles. The maximum absolute atomic E-state index is 5.84. The van der Waals surface area contributed by atoms with Gasteiger partial charge in [0.25, 0.3) is 0 Å². The second kappa shape index (κ2) is 6.11. The molecule has 3 nitrogen and oxygen atoms in total. The molecule has 1 heterocycles. The lowest BCUT2D eigenvalue weighted by Crippen LogP contribution is -2.10. The highest BCUT2D eigenvalue weighted by molar-refractivity contribution is 5.22. The lowest BCUT2D eigenvalue weighted by molar-refractivity contribution is 0.0747. The number of nitrogens with zero attached hydrogens (tertiary/aromatic N) is 2. The summed E-state index contributed by atoms with van der Waals surface area (Å²) in [5, 5.41) is 0. The normalized spacial score (nSPS) is 12.3.